The number of aryl methyl sites for hydroxylation is 1. The molecule has 33 heavy (non-hydrogen) atoms. The van der Waals surface area contributed by atoms with Crippen LogP contribution in [0, 0.1) is 6.92 Å². The van der Waals surface area contributed by atoms with E-state index in [1.54, 1.807) is 9.47 Å². The van der Waals surface area contributed by atoms with Crippen molar-refractivity contribution in [1.29, 1.82) is 0 Å². The molecule has 5 rings (SSSR count). The number of nitrogens with zero attached hydrogens (tertiary/aromatic N) is 3. The van der Waals surface area contributed by atoms with Gasteiger partial charge in [-0.1, -0.05) is 42.0 Å². The standard InChI is InChI=1S/C26H30N4O3/c1-19-7-8-22-21(17-19)24(28-11-9-27-10-12-28)23(25(31)29-13-15-33-16-14-29)26(32)30(22)18-20-5-3-2-4-6-20/h2-8,17,27H,9-16,18H2,1H3. The molecule has 0 radical (unpaired) electrons. The van der Waals surface area contributed by atoms with Gasteiger partial charge in [-0.3, -0.25) is 9.59 Å². The maximum atomic E-state index is 14.1. The number of nitrogens with one attached hydrogen (secondary N) is 1. The molecule has 0 saturated carbocycles. The quantitative estimate of drug-likeness (QED) is 0.666. The lowest BCUT2D eigenvalue weighted by Gasteiger charge is -2.34. The van der Waals surface area contributed by atoms with E-state index in [0.717, 1.165) is 53.9 Å². The molecule has 2 aliphatic rings. The highest BCUT2D eigenvalue weighted by atomic mass is 16.5. The van der Waals surface area contributed by atoms with Crippen LogP contribution in [0.5, 0.6) is 0 Å². The first kappa shape index (κ1) is 21.7. The largest absolute Gasteiger partial charge is 0.378 e. The number of fused-ring (bicyclic) bond motifs is 1. The molecule has 2 aromatic carbocycles. The normalized spacial score (nSPS) is 16.9. The first-order chi connectivity index (χ1) is 16.1. The number of carbonyl (C=O) groups excluding carboxylic acids is 1. The van der Waals surface area contributed by atoms with Gasteiger partial charge in [-0.25, -0.2) is 0 Å². The SMILES string of the molecule is Cc1ccc2c(c1)c(N1CCNCC1)c(C(=O)N1CCOCC1)c(=O)n2Cc1ccccc1. The number of morpholine rings is 1. The molecule has 2 fully saturated rings. The van der Waals surface area contributed by atoms with Crippen molar-refractivity contribution in [2.75, 3.05) is 57.4 Å². The second-order valence-corrected chi connectivity index (χ2v) is 8.76. The summed E-state index contributed by atoms with van der Waals surface area (Å²) in [7, 11) is 0. The third kappa shape index (κ3) is 4.26. The van der Waals surface area contributed by atoms with Gasteiger partial charge < -0.3 is 24.4 Å². The fraction of sp³-hybridized carbons (Fsp3) is 0.385. The van der Waals surface area contributed by atoms with Gasteiger partial charge in [-0.15, -0.1) is 0 Å². The van der Waals surface area contributed by atoms with Gasteiger partial charge in [0.15, 0.2) is 0 Å². The Morgan fingerprint density at radius 2 is 1.73 bits per heavy atom. The average molecular weight is 447 g/mol. The van der Waals surface area contributed by atoms with E-state index < -0.39 is 0 Å². The van der Waals surface area contributed by atoms with Gasteiger partial charge in [0.25, 0.3) is 11.5 Å². The van der Waals surface area contributed by atoms with Crippen molar-refractivity contribution in [2.45, 2.75) is 13.5 Å². The Bertz CT molecular complexity index is 1210. The minimum atomic E-state index is -0.222. The van der Waals surface area contributed by atoms with Gasteiger partial charge in [0, 0.05) is 44.7 Å². The fourth-order valence-corrected chi connectivity index (χ4v) is 4.81. The summed E-state index contributed by atoms with van der Waals surface area (Å²) in [6.45, 7) is 7.65. The molecule has 1 aromatic heterocycles. The molecule has 0 unspecified atom stereocenters. The molecule has 2 aliphatic heterocycles. The molecule has 1 amide bonds. The molecule has 172 valence electrons. The van der Waals surface area contributed by atoms with E-state index >= 15 is 0 Å². The minimum Gasteiger partial charge on any atom is -0.378 e. The van der Waals surface area contributed by atoms with Crippen LogP contribution in [-0.2, 0) is 11.3 Å². The molecule has 0 atom stereocenters. The number of piperazine rings is 1. The lowest BCUT2D eigenvalue weighted by molar-refractivity contribution is 0.0302. The Morgan fingerprint density at radius 1 is 1.00 bits per heavy atom. The average Bonchev–Trinajstić information content (AvgIpc) is 2.86. The van der Waals surface area contributed by atoms with Gasteiger partial charge >= 0.3 is 0 Å². The van der Waals surface area contributed by atoms with Gasteiger partial charge in [0.1, 0.15) is 5.56 Å². The van der Waals surface area contributed by atoms with Crippen molar-refractivity contribution in [3.05, 3.63) is 75.6 Å². The maximum Gasteiger partial charge on any atom is 0.266 e. The van der Waals surface area contributed by atoms with Crippen LogP contribution in [0.25, 0.3) is 10.9 Å². The van der Waals surface area contributed by atoms with Gasteiger partial charge in [0.05, 0.1) is 31.0 Å². The lowest BCUT2D eigenvalue weighted by Crippen LogP contribution is -2.47. The molecular weight excluding hydrogens is 416 g/mol. The number of carbonyl (C=O) groups is 1. The maximum absolute atomic E-state index is 14.1. The third-order valence-corrected chi connectivity index (χ3v) is 6.52. The number of benzene rings is 2. The number of anilines is 1. The summed E-state index contributed by atoms with van der Waals surface area (Å²) in [5.41, 5.74) is 3.84. The van der Waals surface area contributed by atoms with Crippen molar-refractivity contribution >= 4 is 22.5 Å². The van der Waals surface area contributed by atoms with Crippen molar-refractivity contribution in [2.24, 2.45) is 0 Å². The van der Waals surface area contributed by atoms with E-state index in [4.69, 9.17) is 4.74 Å². The summed E-state index contributed by atoms with van der Waals surface area (Å²) in [5, 5.41) is 4.34. The van der Waals surface area contributed by atoms with E-state index in [-0.39, 0.29) is 17.0 Å². The summed E-state index contributed by atoms with van der Waals surface area (Å²) < 4.78 is 7.22. The second-order valence-electron chi connectivity index (χ2n) is 8.76. The van der Waals surface area contributed by atoms with Gasteiger partial charge in [-0.05, 0) is 24.6 Å². The lowest BCUT2D eigenvalue weighted by atomic mass is 10.0. The minimum absolute atomic E-state index is 0.193. The molecule has 0 spiro atoms. The molecule has 0 bridgehead atoms. The molecule has 0 aliphatic carbocycles. The molecule has 3 aromatic rings. The van der Waals surface area contributed by atoms with Crippen LogP contribution in [0.2, 0.25) is 0 Å². The van der Waals surface area contributed by atoms with E-state index in [9.17, 15) is 9.59 Å². The molecule has 2 saturated heterocycles. The Kier molecular flexibility index (Phi) is 6.15. The molecule has 3 heterocycles. The summed E-state index contributed by atoms with van der Waals surface area (Å²) in [4.78, 5) is 31.9. The van der Waals surface area contributed by atoms with E-state index in [1.165, 1.54) is 0 Å². The first-order valence-corrected chi connectivity index (χ1v) is 11.7. The van der Waals surface area contributed by atoms with Crippen LogP contribution in [0.3, 0.4) is 0 Å². The number of rotatable bonds is 4. The number of hydrogen-bond donors (Lipinski definition) is 1. The summed E-state index contributed by atoms with van der Waals surface area (Å²) in [6.07, 6.45) is 0. The number of ether oxygens (including phenoxy) is 1. The highest BCUT2D eigenvalue weighted by molar-refractivity contribution is 6.07. The van der Waals surface area contributed by atoms with Crippen LogP contribution in [0.15, 0.2) is 53.3 Å². The summed E-state index contributed by atoms with van der Waals surface area (Å²) >= 11 is 0. The predicted molar refractivity (Wildman–Crippen MR) is 130 cm³/mol. The van der Waals surface area contributed by atoms with Crippen LogP contribution in [0.4, 0.5) is 5.69 Å². The summed E-state index contributed by atoms with van der Waals surface area (Å²) in [6, 6.07) is 16.1. The Hall–Kier alpha value is -3.16. The van der Waals surface area contributed by atoms with Crippen LogP contribution in [0.1, 0.15) is 21.5 Å². The first-order valence-electron chi connectivity index (χ1n) is 11.7. The van der Waals surface area contributed by atoms with Crippen LogP contribution < -0.4 is 15.8 Å². The zero-order chi connectivity index (χ0) is 22.8. The van der Waals surface area contributed by atoms with Gasteiger partial charge in [-0.2, -0.15) is 0 Å². The topological polar surface area (TPSA) is 66.8 Å². The summed E-state index contributed by atoms with van der Waals surface area (Å²) in [5.74, 6) is -0.193. The van der Waals surface area contributed by atoms with Crippen molar-refractivity contribution in [3.63, 3.8) is 0 Å². The number of pyridine rings is 1. The number of hydrogen-bond acceptors (Lipinski definition) is 5. The highest BCUT2D eigenvalue weighted by Crippen LogP contribution is 2.31. The predicted octanol–water partition coefficient (Wildman–Crippen LogP) is 2.24. The van der Waals surface area contributed by atoms with Crippen molar-refractivity contribution in [1.82, 2.24) is 14.8 Å². The number of aromatic nitrogens is 1. The highest BCUT2D eigenvalue weighted by Gasteiger charge is 2.30. The fourth-order valence-electron chi connectivity index (χ4n) is 4.81. The number of amides is 1. The Balaban J connectivity index is 1.76. The molecule has 7 nitrogen and oxygen atoms in total. The van der Waals surface area contributed by atoms with Crippen molar-refractivity contribution in [3.8, 4) is 0 Å². The van der Waals surface area contributed by atoms with E-state index in [2.05, 4.69) is 23.2 Å². The van der Waals surface area contributed by atoms with Crippen LogP contribution >= 0.6 is 0 Å². The monoisotopic (exact) mass is 446 g/mol. The Labute approximate surface area is 193 Å². The third-order valence-electron chi connectivity index (χ3n) is 6.52. The van der Waals surface area contributed by atoms with E-state index in [0.29, 0.717) is 32.8 Å². The smallest absolute Gasteiger partial charge is 0.266 e. The van der Waals surface area contributed by atoms with Crippen LogP contribution in [-0.4, -0.2) is 67.9 Å². The Morgan fingerprint density at radius 3 is 2.45 bits per heavy atom. The zero-order valence-electron chi connectivity index (χ0n) is 19.0. The van der Waals surface area contributed by atoms with E-state index in [1.807, 2.05) is 42.5 Å². The molecule has 1 N–H and O–H groups in total. The second kappa shape index (κ2) is 9.37. The van der Waals surface area contributed by atoms with Gasteiger partial charge in [0.2, 0.25) is 0 Å². The van der Waals surface area contributed by atoms with Crippen molar-refractivity contribution < 1.29 is 9.53 Å². The zero-order valence-corrected chi connectivity index (χ0v) is 19.0. The molecule has 7 heteroatoms. The molecular formula is C26H30N4O3.